The molecule has 6 heteroatoms. The molecule has 1 aliphatic heterocycles. The molecular formula is C26H27BrO5. The van der Waals surface area contributed by atoms with Crippen LogP contribution in [-0.4, -0.2) is 53.4 Å². The van der Waals surface area contributed by atoms with E-state index in [1.165, 1.54) is 7.11 Å². The average molecular weight is 499 g/mol. The van der Waals surface area contributed by atoms with Crippen LogP contribution in [0.15, 0.2) is 91.0 Å². The smallest absolute Gasteiger partial charge is 0.172 e. The summed E-state index contributed by atoms with van der Waals surface area (Å²) in [6.45, 7) is 0.0382. The standard InChI is InChI=1S/C26H27BrO5/c1-30-25-22(27)24(29)23(28)21(32-25)17-31-26(18-11-5-2-6-12-18,19-13-7-3-8-14-19)20-15-9-4-10-16-20/h2-16,21-25,28-29H,17H2,1H3. The van der Waals surface area contributed by atoms with E-state index in [-0.39, 0.29) is 6.61 Å². The lowest BCUT2D eigenvalue weighted by atomic mass is 9.80. The molecule has 5 unspecified atom stereocenters. The number of rotatable bonds is 7. The van der Waals surface area contributed by atoms with Crippen LogP contribution < -0.4 is 0 Å². The summed E-state index contributed by atoms with van der Waals surface area (Å²) in [7, 11) is 1.50. The first-order chi connectivity index (χ1) is 15.6. The van der Waals surface area contributed by atoms with E-state index < -0.39 is 35.0 Å². The number of hydrogen-bond acceptors (Lipinski definition) is 5. The quantitative estimate of drug-likeness (QED) is 0.382. The number of methoxy groups -OCH3 is 1. The molecule has 3 aromatic carbocycles. The van der Waals surface area contributed by atoms with Crippen LogP contribution in [0.25, 0.3) is 0 Å². The highest BCUT2D eigenvalue weighted by atomic mass is 79.9. The van der Waals surface area contributed by atoms with Gasteiger partial charge in [-0.3, -0.25) is 0 Å². The van der Waals surface area contributed by atoms with Gasteiger partial charge in [-0.2, -0.15) is 0 Å². The predicted molar refractivity (Wildman–Crippen MR) is 126 cm³/mol. The molecule has 5 atom stereocenters. The molecular weight excluding hydrogens is 472 g/mol. The van der Waals surface area contributed by atoms with Crippen molar-refractivity contribution in [3.8, 4) is 0 Å². The van der Waals surface area contributed by atoms with E-state index in [2.05, 4.69) is 15.9 Å². The molecule has 0 amide bonds. The van der Waals surface area contributed by atoms with Gasteiger partial charge < -0.3 is 24.4 Å². The minimum absolute atomic E-state index is 0.0382. The van der Waals surface area contributed by atoms with Crippen LogP contribution in [-0.2, 0) is 19.8 Å². The van der Waals surface area contributed by atoms with E-state index in [1.54, 1.807) is 0 Å². The van der Waals surface area contributed by atoms with Gasteiger partial charge in [0, 0.05) is 7.11 Å². The molecule has 1 heterocycles. The zero-order chi connectivity index (χ0) is 22.6. The molecule has 3 aromatic rings. The summed E-state index contributed by atoms with van der Waals surface area (Å²) >= 11 is 3.35. The third kappa shape index (κ3) is 4.39. The summed E-state index contributed by atoms with van der Waals surface area (Å²) in [5.41, 5.74) is 1.91. The van der Waals surface area contributed by atoms with Gasteiger partial charge in [0.05, 0.1) is 17.5 Å². The van der Waals surface area contributed by atoms with E-state index in [0.717, 1.165) is 16.7 Å². The zero-order valence-electron chi connectivity index (χ0n) is 17.8. The fourth-order valence-electron chi connectivity index (χ4n) is 4.20. The highest BCUT2D eigenvalue weighted by molar-refractivity contribution is 9.09. The van der Waals surface area contributed by atoms with Crippen molar-refractivity contribution in [2.45, 2.75) is 35.0 Å². The Balaban J connectivity index is 1.77. The van der Waals surface area contributed by atoms with Gasteiger partial charge in [0.2, 0.25) is 0 Å². The monoisotopic (exact) mass is 498 g/mol. The summed E-state index contributed by atoms with van der Waals surface area (Å²) < 4.78 is 18.0. The third-order valence-corrected chi connectivity index (χ3v) is 6.84. The van der Waals surface area contributed by atoms with Gasteiger partial charge in [0.15, 0.2) is 6.29 Å². The van der Waals surface area contributed by atoms with Crippen molar-refractivity contribution in [1.29, 1.82) is 0 Å². The predicted octanol–water partition coefficient (Wildman–Crippen LogP) is 3.85. The van der Waals surface area contributed by atoms with Crippen LogP contribution in [0.2, 0.25) is 0 Å². The van der Waals surface area contributed by atoms with Crippen molar-refractivity contribution in [2.24, 2.45) is 0 Å². The summed E-state index contributed by atoms with van der Waals surface area (Å²) in [5.74, 6) is 0. The van der Waals surface area contributed by atoms with Crippen LogP contribution in [0, 0.1) is 0 Å². The maximum atomic E-state index is 10.7. The fraction of sp³-hybridized carbons (Fsp3) is 0.308. The maximum Gasteiger partial charge on any atom is 0.172 e. The van der Waals surface area contributed by atoms with Crippen LogP contribution in [0.4, 0.5) is 0 Å². The minimum Gasteiger partial charge on any atom is -0.389 e. The first-order valence-corrected chi connectivity index (χ1v) is 11.5. The van der Waals surface area contributed by atoms with Gasteiger partial charge in [0.1, 0.15) is 17.8 Å². The van der Waals surface area contributed by atoms with Gasteiger partial charge in [-0.15, -0.1) is 0 Å². The number of alkyl halides is 1. The lowest BCUT2D eigenvalue weighted by Gasteiger charge is -2.42. The molecule has 0 saturated carbocycles. The highest BCUT2D eigenvalue weighted by Crippen LogP contribution is 2.41. The lowest BCUT2D eigenvalue weighted by molar-refractivity contribution is -0.251. The van der Waals surface area contributed by atoms with E-state index in [1.807, 2.05) is 91.0 Å². The largest absolute Gasteiger partial charge is 0.389 e. The minimum atomic E-state index is -1.13. The second-order valence-electron chi connectivity index (χ2n) is 7.79. The molecule has 32 heavy (non-hydrogen) atoms. The number of hydrogen-bond donors (Lipinski definition) is 2. The number of aliphatic hydroxyl groups excluding tert-OH is 2. The average Bonchev–Trinajstić information content (AvgIpc) is 2.86. The molecule has 2 N–H and O–H groups in total. The maximum absolute atomic E-state index is 10.7. The topological polar surface area (TPSA) is 68.2 Å². The fourth-order valence-corrected chi connectivity index (χ4v) is 4.85. The Labute approximate surface area is 196 Å². The number of benzene rings is 3. The van der Waals surface area contributed by atoms with Crippen LogP contribution in [0.1, 0.15) is 16.7 Å². The first kappa shape index (κ1) is 23.1. The molecule has 1 aliphatic rings. The molecule has 0 aromatic heterocycles. The summed E-state index contributed by atoms with van der Waals surface area (Å²) in [6.07, 6.45) is -3.67. The Hall–Kier alpha value is -2.06. The van der Waals surface area contributed by atoms with E-state index in [0.29, 0.717) is 0 Å². The van der Waals surface area contributed by atoms with Crippen molar-refractivity contribution < 1.29 is 24.4 Å². The zero-order valence-corrected chi connectivity index (χ0v) is 19.3. The Morgan fingerprint density at radius 2 is 1.22 bits per heavy atom. The second-order valence-corrected chi connectivity index (χ2v) is 8.85. The number of aliphatic hydroxyl groups is 2. The van der Waals surface area contributed by atoms with Gasteiger partial charge in [-0.05, 0) is 16.7 Å². The molecule has 1 saturated heterocycles. The molecule has 168 valence electrons. The van der Waals surface area contributed by atoms with Gasteiger partial charge >= 0.3 is 0 Å². The van der Waals surface area contributed by atoms with Crippen molar-refractivity contribution in [3.05, 3.63) is 108 Å². The highest BCUT2D eigenvalue weighted by Gasteiger charge is 2.45. The SMILES string of the molecule is COC1OC(COC(c2ccccc2)(c2ccccc2)c2ccccc2)C(O)C(O)C1Br. The molecule has 0 bridgehead atoms. The van der Waals surface area contributed by atoms with Crippen molar-refractivity contribution >= 4 is 15.9 Å². The summed E-state index contributed by atoms with van der Waals surface area (Å²) in [6, 6.07) is 29.9. The van der Waals surface area contributed by atoms with E-state index in [9.17, 15) is 10.2 Å². The first-order valence-electron chi connectivity index (χ1n) is 10.6. The van der Waals surface area contributed by atoms with Crippen LogP contribution in [0.3, 0.4) is 0 Å². The molecule has 1 fully saturated rings. The van der Waals surface area contributed by atoms with Crippen LogP contribution in [0.5, 0.6) is 0 Å². The Bertz CT molecular complexity index is 871. The molecule has 5 nitrogen and oxygen atoms in total. The molecule has 0 radical (unpaired) electrons. The molecule has 4 rings (SSSR count). The van der Waals surface area contributed by atoms with Crippen molar-refractivity contribution in [3.63, 3.8) is 0 Å². The van der Waals surface area contributed by atoms with Gasteiger partial charge in [-0.1, -0.05) is 107 Å². The Morgan fingerprint density at radius 3 is 1.62 bits per heavy atom. The van der Waals surface area contributed by atoms with Gasteiger partial charge in [-0.25, -0.2) is 0 Å². The molecule has 0 spiro atoms. The van der Waals surface area contributed by atoms with Crippen molar-refractivity contribution in [1.82, 2.24) is 0 Å². The van der Waals surface area contributed by atoms with E-state index >= 15 is 0 Å². The lowest BCUT2D eigenvalue weighted by Crippen LogP contribution is -2.57. The Morgan fingerprint density at radius 1 is 0.781 bits per heavy atom. The van der Waals surface area contributed by atoms with Crippen molar-refractivity contribution in [2.75, 3.05) is 13.7 Å². The number of ether oxygens (including phenoxy) is 3. The third-order valence-electron chi connectivity index (χ3n) is 5.86. The van der Waals surface area contributed by atoms with E-state index in [4.69, 9.17) is 14.2 Å². The summed E-state index contributed by atoms with van der Waals surface area (Å²) in [5, 5.41) is 21.2. The van der Waals surface area contributed by atoms with Gasteiger partial charge in [0.25, 0.3) is 0 Å². The second kappa shape index (κ2) is 10.3. The summed E-state index contributed by atoms with van der Waals surface area (Å²) in [4.78, 5) is -0.541. The Kier molecular flexibility index (Phi) is 7.40. The molecule has 0 aliphatic carbocycles. The number of halogens is 1. The van der Waals surface area contributed by atoms with Crippen LogP contribution >= 0.6 is 15.9 Å². The normalized spacial score (nSPS) is 26.1.